The number of aryl methyl sites for hydroxylation is 1. The van der Waals surface area contributed by atoms with Crippen LogP contribution in [-0.2, 0) is 6.42 Å². The SMILES string of the molecule is Cc1ccncc1-c1noc(-c2ccc3c(c2)CCN3)n1. The highest BCUT2D eigenvalue weighted by Gasteiger charge is 2.15. The van der Waals surface area contributed by atoms with Gasteiger partial charge in [-0.3, -0.25) is 4.98 Å². The van der Waals surface area contributed by atoms with Crippen LogP contribution in [0.2, 0.25) is 0 Å². The fourth-order valence-corrected chi connectivity index (χ4v) is 2.59. The van der Waals surface area contributed by atoms with Gasteiger partial charge in [0.1, 0.15) is 0 Å². The summed E-state index contributed by atoms with van der Waals surface area (Å²) in [6.07, 6.45) is 4.55. The van der Waals surface area contributed by atoms with Gasteiger partial charge in [-0.2, -0.15) is 4.98 Å². The fraction of sp³-hybridized carbons (Fsp3) is 0.188. The van der Waals surface area contributed by atoms with E-state index in [1.807, 2.05) is 19.1 Å². The number of rotatable bonds is 2. The first-order valence-electron chi connectivity index (χ1n) is 6.93. The Morgan fingerprint density at radius 2 is 2.19 bits per heavy atom. The van der Waals surface area contributed by atoms with Gasteiger partial charge in [0.15, 0.2) is 0 Å². The van der Waals surface area contributed by atoms with Crippen molar-refractivity contribution in [3.8, 4) is 22.8 Å². The molecule has 3 aromatic rings. The van der Waals surface area contributed by atoms with Crippen molar-refractivity contribution in [2.24, 2.45) is 0 Å². The second kappa shape index (κ2) is 4.70. The van der Waals surface area contributed by atoms with E-state index in [0.717, 1.165) is 29.7 Å². The predicted molar refractivity (Wildman–Crippen MR) is 79.9 cm³/mol. The number of pyridine rings is 1. The van der Waals surface area contributed by atoms with Crippen LogP contribution in [0, 0.1) is 6.92 Å². The number of hydrogen-bond acceptors (Lipinski definition) is 5. The summed E-state index contributed by atoms with van der Waals surface area (Å²) in [5.74, 6) is 1.12. The van der Waals surface area contributed by atoms with E-state index in [-0.39, 0.29) is 0 Å². The first-order chi connectivity index (χ1) is 10.3. The van der Waals surface area contributed by atoms with Crippen molar-refractivity contribution >= 4 is 5.69 Å². The number of benzene rings is 1. The number of nitrogens with zero attached hydrogens (tertiary/aromatic N) is 3. The third-order valence-electron chi connectivity index (χ3n) is 3.77. The van der Waals surface area contributed by atoms with Crippen LogP contribution >= 0.6 is 0 Å². The highest BCUT2D eigenvalue weighted by molar-refractivity contribution is 5.66. The van der Waals surface area contributed by atoms with Gasteiger partial charge in [0.2, 0.25) is 5.82 Å². The Hall–Kier alpha value is -2.69. The standard InChI is InChI=1S/C16H14N4O/c1-10-4-6-17-9-13(10)15-19-16(21-20-15)12-2-3-14-11(8-12)5-7-18-14/h2-4,6,8-9,18H,5,7H2,1H3. The fourth-order valence-electron chi connectivity index (χ4n) is 2.59. The molecule has 5 heteroatoms. The van der Waals surface area contributed by atoms with E-state index < -0.39 is 0 Å². The third-order valence-corrected chi connectivity index (χ3v) is 3.77. The third kappa shape index (κ3) is 2.07. The number of anilines is 1. The zero-order valence-electron chi connectivity index (χ0n) is 11.6. The van der Waals surface area contributed by atoms with Crippen molar-refractivity contribution in [2.75, 3.05) is 11.9 Å². The lowest BCUT2D eigenvalue weighted by atomic mass is 10.1. The number of aromatic nitrogens is 3. The van der Waals surface area contributed by atoms with Crippen LogP contribution in [0.1, 0.15) is 11.1 Å². The molecule has 1 aliphatic heterocycles. The molecule has 4 rings (SSSR count). The van der Waals surface area contributed by atoms with Gasteiger partial charge in [-0.05, 0) is 48.7 Å². The van der Waals surface area contributed by atoms with Gasteiger partial charge in [0.05, 0.1) is 0 Å². The highest BCUT2D eigenvalue weighted by Crippen LogP contribution is 2.29. The lowest BCUT2D eigenvalue weighted by Crippen LogP contribution is -1.90. The molecule has 0 saturated heterocycles. The Morgan fingerprint density at radius 1 is 1.24 bits per heavy atom. The van der Waals surface area contributed by atoms with Crippen molar-refractivity contribution in [1.29, 1.82) is 0 Å². The van der Waals surface area contributed by atoms with Gasteiger partial charge >= 0.3 is 0 Å². The molecule has 0 amide bonds. The zero-order chi connectivity index (χ0) is 14.2. The van der Waals surface area contributed by atoms with Gasteiger partial charge in [0, 0.05) is 35.8 Å². The normalized spacial score (nSPS) is 13.0. The Kier molecular flexibility index (Phi) is 2.70. The monoisotopic (exact) mass is 278 g/mol. The average molecular weight is 278 g/mol. The number of nitrogens with one attached hydrogen (secondary N) is 1. The maximum atomic E-state index is 5.41. The molecular weight excluding hydrogens is 264 g/mol. The van der Waals surface area contributed by atoms with Crippen molar-refractivity contribution in [3.63, 3.8) is 0 Å². The molecule has 0 atom stereocenters. The van der Waals surface area contributed by atoms with Crippen molar-refractivity contribution in [1.82, 2.24) is 15.1 Å². The number of hydrogen-bond donors (Lipinski definition) is 1. The molecule has 0 aliphatic carbocycles. The molecule has 0 unspecified atom stereocenters. The first-order valence-corrected chi connectivity index (χ1v) is 6.93. The van der Waals surface area contributed by atoms with E-state index in [0.29, 0.717) is 11.7 Å². The molecule has 3 heterocycles. The van der Waals surface area contributed by atoms with Crippen LogP contribution in [0.5, 0.6) is 0 Å². The summed E-state index contributed by atoms with van der Waals surface area (Å²) in [5, 5.41) is 7.42. The highest BCUT2D eigenvalue weighted by atomic mass is 16.5. The van der Waals surface area contributed by atoms with Crippen molar-refractivity contribution in [3.05, 3.63) is 47.8 Å². The van der Waals surface area contributed by atoms with E-state index in [1.165, 1.54) is 11.3 Å². The molecule has 1 aromatic carbocycles. The van der Waals surface area contributed by atoms with Gasteiger partial charge in [0.25, 0.3) is 5.89 Å². The summed E-state index contributed by atoms with van der Waals surface area (Å²) in [7, 11) is 0. The summed E-state index contributed by atoms with van der Waals surface area (Å²) >= 11 is 0. The lowest BCUT2D eigenvalue weighted by molar-refractivity contribution is 0.432. The lowest BCUT2D eigenvalue weighted by Gasteiger charge is -2.00. The van der Waals surface area contributed by atoms with Gasteiger partial charge in [-0.15, -0.1) is 0 Å². The van der Waals surface area contributed by atoms with Gasteiger partial charge < -0.3 is 9.84 Å². The Labute approximate surface area is 122 Å². The maximum absolute atomic E-state index is 5.41. The van der Waals surface area contributed by atoms with Crippen LogP contribution < -0.4 is 5.32 Å². The maximum Gasteiger partial charge on any atom is 0.258 e. The Bertz CT molecular complexity index is 810. The molecule has 21 heavy (non-hydrogen) atoms. The molecule has 1 aliphatic rings. The summed E-state index contributed by atoms with van der Waals surface area (Å²) in [5.41, 5.74) is 5.43. The van der Waals surface area contributed by atoms with Crippen LogP contribution in [0.4, 0.5) is 5.69 Å². The molecule has 104 valence electrons. The molecule has 1 N–H and O–H groups in total. The predicted octanol–water partition coefficient (Wildman–Crippen LogP) is 3.08. The minimum absolute atomic E-state index is 0.544. The van der Waals surface area contributed by atoms with Crippen LogP contribution in [0.3, 0.4) is 0 Å². The molecule has 0 radical (unpaired) electrons. The largest absolute Gasteiger partial charge is 0.384 e. The van der Waals surface area contributed by atoms with Crippen molar-refractivity contribution in [2.45, 2.75) is 13.3 Å². The van der Waals surface area contributed by atoms with E-state index in [4.69, 9.17) is 4.52 Å². The summed E-state index contributed by atoms with van der Waals surface area (Å²) in [6.45, 7) is 3.00. The van der Waals surface area contributed by atoms with E-state index in [9.17, 15) is 0 Å². The molecular formula is C16H14N4O. The van der Waals surface area contributed by atoms with Crippen molar-refractivity contribution < 1.29 is 4.52 Å². The quantitative estimate of drug-likeness (QED) is 0.780. The van der Waals surface area contributed by atoms with Gasteiger partial charge in [-0.1, -0.05) is 5.16 Å². The topological polar surface area (TPSA) is 63.8 Å². The molecule has 0 bridgehead atoms. The van der Waals surface area contributed by atoms with E-state index in [2.05, 4.69) is 32.6 Å². The Balaban J connectivity index is 1.73. The molecule has 5 nitrogen and oxygen atoms in total. The molecule has 0 spiro atoms. The molecule has 2 aromatic heterocycles. The summed E-state index contributed by atoms with van der Waals surface area (Å²) in [6, 6.07) is 8.12. The zero-order valence-corrected chi connectivity index (χ0v) is 11.6. The van der Waals surface area contributed by atoms with Crippen LogP contribution in [-0.4, -0.2) is 21.7 Å². The summed E-state index contributed by atoms with van der Waals surface area (Å²) in [4.78, 5) is 8.62. The second-order valence-corrected chi connectivity index (χ2v) is 5.16. The summed E-state index contributed by atoms with van der Waals surface area (Å²) < 4.78 is 5.41. The van der Waals surface area contributed by atoms with E-state index >= 15 is 0 Å². The van der Waals surface area contributed by atoms with E-state index in [1.54, 1.807) is 12.4 Å². The Morgan fingerprint density at radius 3 is 3.10 bits per heavy atom. The van der Waals surface area contributed by atoms with Crippen LogP contribution in [0.25, 0.3) is 22.8 Å². The van der Waals surface area contributed by atoms with Crippen LogP contribution in [0.15, 0.2) is 41.2 Å². The molecule has 0 saturated carbocycles. The average Bonchev–Trinajstić information content (AvgIpc) is 3.16. The van der Waals surface area contributed by atoms with Gasteiger partial charge in [-0.25, -0.2) is 0 Å². The minimum atomic E-state index is 0.544. The first kappa shape index (κ1) is 12.1. The minimum Gasteiger partial charge on any atom is -0.384 e. The second-order valence-electron chi connectivity index (χ2n) is 5.16. The number of fused-ring (bicyclic) bond motifs is 1. The smallest absolute Gasteiger partial charge is 0.258 e. The molecule has 0 fully saturated rings.